The molecule has 0 spiro atoms. The highest BCUT2D eigenvalue weighted by atomic mass is 32.1. The first-order chi connectivity index (χ1) is 14.8. The van der Waals surface area contributed by atoms with Crippen molar-refractivity contribution in [3.8, 4) is 10.6 Å². The number of anilines is 1. The Morgan fingerprint density at radius 1 is 0.800 bits per heavy atom. The second-order valence-corrected chi connectivity index (χ2v) is 11.0. The number of benzene rings is 2. The zero-order valence-corrected chi connectivity index (χ0v) is 18.4. The van der Waals surface area contributed by atoms with Crippen molar-refractivity contribution in [1.29, 1.82) is 0 Å². The lowest BCUT2D eigenvalue weighted by Crippen LogP contribution is -2.42. The van der Waals surface area contributed by atoms with Gasteiger partial charge in [0.05, 0.1) is 20.8 Å². The largest absolute Gasteiger partial charge is 0.366 e. The van der Waals surface area contributed by atoms with E-state index in [9.17, 15) is 0 Å². The van der Waals surface area contributed by atoms with Gasteiger partial charge in [-0.15, -0.1) is 11.3 Å². The summed E-state index contributed by atoms with van der Waals surface area (Å²) in [5.74, 6) is 0. The summed E-state index contributed by atoms with van der Waals surface area (Å²) in [7, 11) is 0. The number of fused-ring (bicyclic) bond motifs is 6. The molecule has 4 unspecified atom stereocenters. The van der Waals surface area contributed by atoms with Crippen LogP contribution in [0.2, 0.25) is 0 Å². The molecule has 4 fully saturated rings. The molecule has 3 nitrogen and oxygen atoms in total. The molecule has 1 aliphatic carbocycles. The number of aromatic nitrogens is 1. The Kier molecular flexibility index (Phi) is 4.00. The molecule has 5 aliphatic heterocycles. The molecule has 154 valence electrons. The summed E-state index contributed by atoms with van der Waals surface area (Å²) in [5, 5.41) is 1.43. The first-order valence-corrected chi connectivity index (χ1v) is 12.9. The van der Waals surface area contributed by atoms with Crippen LogP contribution in [0.3, 0.4) is 0 Å². The third-order valence-electron chi connectivity index (χ3n) is 8.33. The van der Waals surface area contributed by atoms with Gasteiger partial charge in [-0.25, -0.2) is 9.56 Å². The summed E-state index contributed by atoms with van der Waals surface area (Å²) in [4.78, 5) is 9.11. The highest BCUT2D eigenvalue weighted by Crippen LogP contribution is 2.41. The summed E-state index contributed by atoms with van der Waals surface area (Å²) in [6, 6.07) is 17.1. The van der Waals surface area contributed by atoms with E-state index in [4.69, 9.17) is 4.98 Å². The van der Waals surface area contributed by atoms with Crippen molar-refractivity contribution < 1.29 is 0 Å². The maximum Gasteiger partial charge on any atom is 0.201 e. The van der Waals surface area contributed by atoms with E-state index >= 15 is 0 Å². The minimum absolute atomic E-state index is 0.765. The maximum absolute atomic E-state index is 5.03. The van der Waals surface area contributed by atoms with Gasteiger partial charge in [-0.1, -0.05) is 0 Å². The Balaban J connectivity index is 1.35. The highest BCUT2D eigenvalue weighted by molar-refractivity contribution is 7.21. The molecule has 0 radical (unpaired) electrons. The van der Waals surface area contributed by atoms with Gasteiger partial charge < -0.3 is 4.90 Å². The second kappa shape index (κ2) is 6.78. The average Bonchev–Trinajstić information content (AvgIpc) is 3.17. The van der Waals surface area contributed by atoms with Gasteiger partial charge in [0, 0.05) is 55.6 Å². The predicted molar refractivity (Wildman–Crippen MR) is 125 cm³/mol. The van der Waals surface area contributed by atoms with Crippen LogP contribution in [0.25, 0.3) is 20.8 Å². The minimum atomic E-state index is 0.765. The molecule has 4 atom stereocenters. The monoisotopic (exact) mass is 416 g/mol. The Morgan fingerprint density at radius 3 is 2.37 bits per heavy atom. The molecule has 0 N–H and O–H groups in total. The number of hydrogen-bond donors (Lipinski definition) is 0. The van der Waals surface area contributed by atoms with E-state index < -0.39 is 0 Å². The highest BCUT2D eigenvalue weighted by Gasteiger charge is 2.41. The minimum Gasteiger partial charge on any atom is -0.366 e. The van der Waals surface area contributed by atoms with Crippen molar-refractivity contribution in [2.45, 2.75) is 88.4 Å². The van der Waals surface area contributed by atoms with Crippen LogP contribution in [0.4, 0.5) is 5.69 Å². The second-order valence-electron chi connectivity index (χ2n) is 9.96. The smallest absolute Gasteiger partial charge is 0.201 e. The summed E-state index contributed by atoms with van der Waals surface area (Å²) < 4.78 is 4.07. The number of hydrogen-bond acceptors (Lipinski definition) is 3. The number of piperidine rings is 2. The van der Waals surface area contributed by atoms with Crippen molar-refractivity contribution in [2.24, 2.45) is 0 Å². The molecule has 1 aromatic rings. The molecule has 7 rings (SSSR count). The standard InChI is InChI=1S/C26H30N3S/c1-3-17-7-8-18(4-1)28(17)21-11-13-23-25(15-21)30-26-16-22(12-14-24(26)27-23)29-19-5-2-6-20(29)10-9-19/h11-20H,1-10H2/q+1. The fourth-order valence-corrected chi connectivity index (χ4v) is 8.03. The lowest BCUT2D eigenvalue weighted by Gasteiger charge is -2.36. The van der Waals surface area contributed by atoms with E-state index in [1.807, 2.05) is 11.3 Å². The molecular formula is C26H30N3S+. The quantitative estimate of drug-likeness (QED) is 0.390. The Labute approximate surface area is 182 Å². The molecule has 0 aromatic heterocycles. The zero-order chi connectivity index (χ0) is 19.7. The van der Waals surface area contributed by atoms with E-state index in [0.29, 0.717) is 0 Å². The Hall–Kier alpha value is -1.94. The van der Waals surface area contributed by atoms with Crippen molar-refractivity contribution in [3.05, 3.63) is 41.8 Å². The topological polar surface area (TPSA) is 19.1 Å². The SMILES string of the molecule is c1cc2nc3ccc(=[N+]4C5CCCC4CC5)cc-3sc2cc1N1C2CCCC1CC2. The van der Waals surface area contributed by atoms with E-state index in [-0.39, 0.29) is 0 Å². The summed E-state index contributed by atoms with van der Waals surface area (Å²) in [6.07, 6.45) is 13.8. The van der Waals surface area contributed by atoms with Crippen molar-refractivity contribution in [2.75, 3.05) is 4.90 Å². The Morgan fingerprint density at radius 2 is 1.57 bits per heavy atom. The van der Waals surface area contributed by atoms with E-state index in [1.54, 1.807) is 0 Å². The Bertz CT molecular complexity index is 1130. The molecule has 4 saturated heterocycles. The van der Waals surface area contributed by atoms with Crippen LogP contribution in [0.5, 0.6) is 0 Å². The van der Waals surface area contributed by atoms with Gasteiger partial charge in [-0.3, -0.25) is 0 Å². The molecule has 4 heteroatoms. The third-order valence-corrected chi connectivity index (χ3v) is 9.43. The van der Waals surface area contributed by atoms with Crippen LogP contribution < -0.4 is 14.8 Å². The molecule has 0 saturated carbocycles. The summed E-state index contributed by atoms with van der Waals surface area (Å²) in [6.45, 7) is 0. The lowest BCUT2D eigenvalue weighted by atomic mass is 10.0. The molecule has 0 amide bonds. The van der Waals surface area contributed by atoms with Gasteiger partial charge in [-0.05, 0) is 62.8 Å². The molecular weight excluding hydrogens is 386 g/mol. The first-order valence-electron chi connectivity index (χ1n) is 12.1. The van der Waals surface area contributed by atoms with Crippen molar-refractivity contribution >= 4 is 27.2 Å². The van der Waals surface area contributed by atoms with Gasteiger partial charge in [-0.2, -0.15) is 0 Å². The maximum atomic E-state index is 5.03. The van der Waals surface area contributed by atoms with Gasteiger partial charge >= 0.3 is 0 Å². The predicted octanol–water partition coefficient (Wildman–Crippen LogP) is 5.41. The van der Waals surface area contributed by atoms with Gasteiger partial charge in [0.15, 0.2) is 12.1 Å². The van der Waals surface area contributed by atoms with Crippen LogP contribution in [0.15, 0.2) is 36.4 Å². The van der Waals surface area contributed by atoms with Crippen LogP contribution in [-0.2, 0) is 0 Å². The molecule has 5 heterocycles. The first kappa shape index (κ1) is 17.7. The fraction of sp³-hybridized carbons (Fsp3) is 0.538. The van der Waals surface area contributed by atoms with E-state index in [0.717, 1.165) is 35.4 Å². The fourth-order valence-electron chi connectivity index (χ4n) is 7.00. The molecule has 30 heavy (non-hydrogen) atoms. The van der Waals surface area contributed by atoms with Crippen molar-refractivity contribution in [3.63, 3.8) is 0 Å². The van der Waals surface area contributed by atoms with Gasteiger partial charge in [0.25, 0.3) is 0 Å². The van der Waals surface area contributed by atoms with Gasteiger partial charge in [0.2, 0.25) is 5.36 Å². The lowest BCUT2D eigenvalue weighted by molar-refractivity contribution is 0.341. The zero-order valence-electron chi connectivity index (χ0n) is 17.6. The molecule has 6 aliphatic rings. The molecule has 1 aromatic carbocycles. The summed E-state index contributed by atoms with van der Waals surface area (Å²) in [5.41, 5.74) is 3.72. The average molecular weight is 417 g/mol. The van der Waals surface area contributed by atoms with Crippen LogP contribution in [0, 0.1) is 0 Å². The third kappa shape index (κ3) is 2.69. The van der Waals surface area contributed by atoms with E-state index in [2.05, 4.69) is 45.9 Å². The number of rotatable bonds is 1. The van der Waals surface area contributed by atoms with Crippen LogP contribution in [-0.4, -0.2) is 29.2 Å². The summed E-state index contributed by atoms with van der Waals surface area (Å²) >= 11 is 1.94. The number of nitrogens with zero attached hydrogens (tertiary/aromatic N) is 3. The van der Waals surface area contributed by atoms with E-state index in [1.165, 1.54) is 84.8 Å². The normalized spacial score (nSPS) is 30.5. The van der Waals surface area contributed by atoms with Crippen LogP contribution >= 0.6 is 11.3 Å². The molecule has 4 bridgehead atoms. The van der Waals surface area contributed by atoms with Crippen LogP contribution in [0.1, 0.15) is 64.2 Å². The van der Waals surface area contributed by atoms with Gasteiger partial charge in [0.1, 0.15) is 0 Å². The van der Waals surface area contributed by atoms with Crippen molar-refractivity contribution in [1.82, 2.24) is 9.56 Å².